The molecule has 0 radical (unpaired) electrons. The van der Waals surface area contributed by atoms with Gasteiger partial charge in [0.05, 0.1) is 0 Å². The van der Waals surface area contributed by atoms with Crippen molar-refractivity contribution in [1.82, 2.24) is 0 Å². The Labute approximate surface area is 82.7 Å². The fourth-order valence-electron chi connectivity index (χ4n) is 2.20. The van der Waals surface area contributed by atoms with Gasteiger partial charge in [-0.2, -0.15) is 0 Å². The van der Waals surface area contributed by atoms with Crippen LogP contribution in [-0.4, -0.2) is 0 Å². The Hall–Kier alpha value is -0.520. The zero-order chi connectivity index (χ0) is 9.68. The minimum absolute atomic E-state index is 0.830. The fraction of sp³-hybridized carbons (Fsp3) is 0.692. The zero-order valence-electron chi connectivity index (χ0n) is 9.27. The topological polar surface area (TPSA) is 0 Å². The minimum atomic E-state index is 0.830. The highest BCUT2D eigenvalue weighted by Crippen LogP contribution is 2.27. The average Bonchev–Trinajstić information content (AvgIpc) is 2.04. The first-order valence-corrected chi connectivity index (χ1v) is 5.64. The molecule has 0 amide bonds. The summed E-state index contributed by atoms with van der Waals surface area (Å²) in [5, 5.41) is 0. The molecule has 74 valence electrons. The highest BCUT2D eigenvalue weighted by Gasteiger charge is 2.11. The summed E-state index contributed by atoms with van der Waals surface area (Å²) in [5.74, 6) is 0.830. The molecule has 0 aromatic rings. The molecule has 0 bridgehead atoms. The molecule has 0 saturated carbocycles. The van der Waals surface area contributed by atoms with Crippen molar-refractivity contribution in [3.05, 3.63) is 23.3 Å². The van der Waals surface area contributed by atoms with E-state index in [0.717, 1.165) is 5.92 Å². The first-order chi connectivity index (χ1) is 6.26. The fourth-order valence-corrected chi connectivity index (χ4v) is 2.20. The van der Waals surface area contributed by atoms with E-state index in [1.165, 1.54) is 32.1 Å². The quantitative estimate of drug-likeness (QED) is 0.595. The van der Waals surface area contributed by atoms with Gasteiger partial charge in [0.2, 0.25) is 0 Å². The van der Waals surface area contributed by atoms with Gasteiger partial charge in [0, 0.05) is 0 Å². The zero-order valence-corrected chi connectivity index (χ0v) is 9.27. The molecular formula is C13H22. The summed E-state index contributed by atoms with van der Waals surface area (Å²) < 4.78 is 0. The van der Waals surface area contributed by atoms with Crippen LogP contribution in [0.15, 0.2) is 23.3 Å². The van der Waals surface area contributed by atoms with Crippen LogP contribution in [0.4, 0.5) is 0 Å². The highest BCUT2D eigenvalue weighted by molar-refractivity contribution is 5.28. The van der Waals surface area contributed by atoms with Gasteiger partial charge in [-0.15, -0.1) is 0 Å². The summed E-state index contributed by atoms with van der Waals surface area (Å²) in [7, 11) is 0. The lowest BCUT2D eigenvalue weighted by Crippen LogP contribution is -2.03. The van der Waals surface area contributed by atoms with Crippen molar-refractivity contribution in [3.63, 3.8) is 0 Å². The summed E-state index contributed by atoms with van der Waals surface area (Å²) in [5.41, 5.74) is 3.15. The molecule has 0 spiro atoms. The molecule has 0 fully saturated rings. The third-order valence-corrected chi connectivity index (χ3v) is 2.66. The van der Waals surface area contributed by atoms with Gasteiger partial charge in [-0.05, 0) is 32.1 Å². The summed E-state index contributed by atoms with van der Waals surface area (Å²) in [6, 6.07) is 0. The van der Waals surface area contributed by atoms with Crippen molar-refractivity contribution in [2.45, 2.75) is 52.9 Å². The first kappa shape index (κ1) is 10.6. The number of rotatable bonds is 4. The summed E-state index contributed by atoms with van der Waals surface area (Å²) in [6.07, 6.45) is 11.4. The van der Waals surface area contributed by atoms with Crippen LogP contribution in [0.2, 0.25) is 0 Å². The second-order valence-corrected chi connectivity index (χ2v) is 4.24. The second-order valence-electron chi connectivity index (χ2n) is 4.24. The van der Waals surface area contributed by atoms with Crippen molar-refractivity contribution in [2.24, 2.45) is 5.92 Å². The molecule has 0 aromatic carbocycles. The van der Waals surface area contributed by atoms with Crippen molar-refractivity contribution < 1.29 is 0 Å². The molecule has 0 heteroatoms. The largest absolute Gasteiger partial charge is 0.0779 e. The summed E-state index contributed by atoms with van der Waals surface area (Å²) in [4.78, 5) is 0. The SMILES string of the molecule is CCCC1=CC(CCC)CC(C)=C1. The standard InChI is InChI=1S/C13H22/c1-4-6-12-8-11(3)9-13(10-12)7-5-2/h8,10,13H,4-7,9H2,1-3H3. The number of allylic oxidation sites excluding steroid dienone is 4. The third-order valence-electron chi connectivity index (χ3n) is 2.66. The Morgan fingerprint density at radius 3 is 2.69 bits per heavy atom. The van der Waals surface area contributed by atoms with E-state index >= 15 is 0 Å². The Morgan fingerprint density at radius 1 is 1.31 bits per heavy atom. The lowest BCUT2D eigenvalue weighted by atomic mass is 9.87. The third kappa shape index (κ3) is 3.38. The molecule has 1 atom stereocenters. The molecule has 0 heterocycles. The molecular weight excluding hydrogens is 156 g/mol. The van der Waals surface area contributed by atoms with E-state index in [0.29, 0.717) is 0 Å². The normalized spacial score (nSPS) is 22.5. The minimum Gasteiger partial charge on any atom is -0.0779 e. The molecule has 0 nitrogen and oxygen atoms in total. The van der Waals surface area contributed by atoms with E-state index < -0.39 is 0 Å². The maximum absolute atomic E-state index is 2.50. The lowest BCUT2D eigenvalue weighted by molar-refractivity contribution is 0.563. The van der Waals surface area contributed by atoms with Gasteiger partial charge in [0.1, 0.15) is 0 Å². The smallest absolute Gasteiger partial charge is 0.0191 e. The van der Waals surface area contributed by atoms with E-state index in [9.17, 15) is 0 Å². The van der Waals surface area contributed by atoms with Gasteiger partial charge in [-0.25, -0.2) is 0 Å². The molecule has 1 aliphatic carbocycles. The van der Waals surface area contributed by atoms with Gasteiger partial charge >= 0.3 is 0 Å². The number of hydrogen-bond acceptors (Lipinski definition) is 0. The van der Waals surface area contributed by atoms with E-state index in [1.807, 2.05) is 0 Å². The van der Waals surface area contributed by atoms with Crippen LogP contribution in [0, 0.1) is 5.92 Å². The van der Waals surface area contributed by atoms with Crippen LogP contribution in [0.3, 0.4) is 0 Å². The van der Waals surface area contributed by atoms with Gasteiger partial charge < -0.3 is 0 Å². The van der Waals surface area contributed by atoms with Gasteiger partial charge in [-0.1, -0.05) is 50.0 Å². The lowest BCUT2D eigenvalue weighted by Gasteiger charge is -2.19. The second kappa shape index (κ2) is 5.26. The van der Waals surface area contributed by atoms with Crippen LogP contribution < -0.4 is 0 Å². The van der Waals surface area contributed by atoms with Crippen LogP contribution in [0.25, 0.3) is 0 Å². The predicted octanol–water partition coefficient (Wildman–Crippen LogP) is 4.48. The van der Waals surface area contributed by atoms with Gasteiger partial charge in [0.15, 0.2) is 0 Å². The van der Waals surface area contributed by atoms with Crippen molar-refractivity contribution in [3.8, 4) is 0 Å². The molecule has 13 heavy (non-hydrogen) atoms. The molecule has 0 aromatic heterocycles. The van der Waals surface area contributed by atoms with Crippen LogP contribution >= 0.6 is 0 Å². The Kier molecular flexibility index (Phi) is 4.27. The monoisotopic (exact) mass is 178 g/mol. The molecule has 0 saturated heterocycles. The first-order valence-electron chi connectivity index (χ1n) is 5.64. The Balaban J connectivity index is 2.58. The maximum atomic E-state index is 2.50. The van der Waals surface area contributed by atoms with E-state index in [2.05, 4.69) is 32.9 Å². The van der Waals surface area contributed by atoms with Crippen molar-refractivity contribution in [1.29, 1.82) is 0 Å². The van der Waals surface area contributed by atoms with Crippen molar-refractivity contribution in [2.75, 3.05) is 0 Å². The van der Waals surface area contributed by atoms with E-state index in [4.69, 9.17) is 0 Å². The molecule has 1 rings (SSSR count). The highest BCUT2D eigenvalue weighted by atomic mass is 14.2. The molecule has 1 aliphatic rings. The summed E-state index contributed by atoms with van der Waals surface area (Å²) >= 11 is 0. The van der Waals surface area contributed by atoms with E-state index in [1.54, 1.807) is 11.1 Å². The van der Waals surface area contributed by atoms with Crippen LogP contribution in [-0.2, 0) is 0 Å². The maximum Gasteiger partial charge on any atom is -0.0191 e. The molecule has 0 aliphatic heterocycles. The van der Waals surface area contributed by atoms with Crippen molar-refractivity contribution >= 4 is 0 Å². The van der Waals surface area contributed by atoms with Crippen LogP contribution in [0.1, 0.15) is 52.9 Å². The Morgan fingerprint density at radius 2 is 2.08 bits per heavy atom. The van der Waals surface area contributed by atoms with Crippen LogP contribution in [0.5, 0.6) is 0 Å². The molecule has 0 N–H and O–H groups in total. The predicted molar refractivity (Wildman–Crippen MR) is 59.8 cm³/mol. The Bertz CT molecular complexity index is 208. The van der Waals surface area contributed by atoms with E-state index in [-0.39, 0.29) is 0 Å². The molecule has 1 unspecified atom stereocenters. The van der Waals surface area contributed by atoms with Gasteiger partial charge in [0.25, 0.3) is 0 Å². The average molecular weight is 178 g/mol. The number of hydrogen-bond donors (Lipinski definition) is 0. The summed E-state index contributed by atoms with van der Waals surface area (Å²) in [6.45, 7) is 6.81. The van der Waals surface area contributed by atoms with Gasteiger partial charge in [-0.3, -0.25) is 0 Å².